The summed E-state index contributed by atoms with van der Waals surface area (Å²) in [4.78, 5) is 24.5. The lowest BCUT2D eigenvalue weighted by molar-refractivity contribution is -0.239. The summed E-state index contributed by atoms with van der Waals surface area (Å²) in [6.07, 6.45) is 11.1. The third-order valence-electron chi connectivity index (χ3n) is 5.04. The molecular weight excluding hydrogens is 328 g/mol. The second-order valence-electron chi connectivity index (χ2n) is 8.70. The summed E-state index contributed by atoms with van der Waals surface area (Å²) in [5, 5.41) is 0. The van der Waals surface area contributed by atoms with E-state index in [1.54, 1.807) is 0 Å². The summed E-state index contributed by atoms with van der Waals surface area (Å²) in [5.41, 5.74) is 0. The molecule has 0 saturated heterocycles. The molecule has 1 aliphatic rings. The largest absolute Gasteiger partial charge is 0.422 e. The Bertz CT molecular complexity index is 376. The highest BCUT2D eigenvalue weighted by molar-refractivity contribution is 5.72. The van der Waals surface area contributed by atoms with E-state index in [2.05, 4.69) is 27.7 Å². The molecule has 1 saturated carbocycles. The topological polar surface area (TPSA) is 52.6 Å². The van der Waals surface area contributed by atoms with Crippen LogP contribution in [0.25, 0.3) is 0 Å². The molecule has 1 fully saturated rings. The number of hydrogen-bond donors (Lipinski definition) is 0. The van der Waals surface area contributed by atoms with Crippen LogP contribution in [0.15, 0.2) is 0 Å². The second kappa shape index (κ2) is 12.3. The van der Waals surface area contributed by atoms with E-state index in [1.807, 2.05) is 0 Å². The van der Waals surface area contributed by atoms with Gasteiger partial charge in [0.15, 0.2) is 0 Å². The van der Waals surface area contributed by atoms with Crippen LogP contribution in [0.3, 0.4) is 0 Å². The van der Waals surface area contributed by atoms with Crippen molar-refractivity contribution in [1.29, 1.82) is 0 Å². The van der Waals surface area contributed by atoms with E-state index >= 15 is 0 Å². The van der Waals surface area contributed by atoms with Gasteiger partial charge in [0.25, 0.3) is 5.79 Å². The quantitative estimate of drug-likeness (QED) is 0.235. The van der Waals surface area contributed by atoms with Crippen LogP contribution >= 0.6 is 0 Å². The SMILES string of the molecule is CC(C)CCCCC(=O)OC1(OC(=O)CCCCC(C)C)CCCCC1. The summed E-state index contributed by atoms with van der Waals surface area (Å²) in [6, 6.07) is 0. The van der Waals surface area contributed by atoms with E-state index in [1.165, 1.54) is 0 Å². The molecular formula is C22H40O4. The smallest absolute Gasteiger partial charge is 0.309 e. The highest BCUT2D eigenvalue weighted by Gasteiger charge is 2.39. The Morgan fingerprint density at radius 1 is 0.731 bits per heavy atom. The van der Waals surface area contributed by atoms with Crippen LogP contribution in [-0.2, 0) is 19.1 Å². The van der Waals surface area contributed by atoms with Crippen LogP contribution in [-0.4, -0.2) is 17.7 Å². The minimum absolute atomic E-state index is 0.219. The third kappa shape index (κ3) is 10.2. The van der Waals surface area contributed by atoms with Crippen molar-refractivity contribution in [2.75, 3.05) is 0 Å². The summed E-state index contributed by atoms with van der Waals surface area (Å²) in [6.45, 7) is 8.76. The molecule has 152 valence electrons. The first-order valence-corrected chi connectivity index (χ1v) is 10.8. The first kappa shape index (κ1) is 23.0. The monoisotopic (exact) mass is 368 g/mol. The van der Waals surface area contributed by atoms with E-state index in [9.17, 15) is 9.59 Å². The van der Waals surface area contributed by atoms with Crippen LogP contribution < -0.4 is 0 Å². The fraction of sp³-hybridized carbons (Fsp3) is 0.909. The van der Waals surface area contributed by atoms with Gasteiger partial charge in [0.05, 0.1) is 0 Å². The fourth-order valence-electron chi connectivity index (χ4n) is 3.48. The lowest BCUT2D eigenvalue weighted by atomic mass is 9.94. The van der Waals surface area contributed by atoms with E-state index in [-0.39, 0.29) is 11.9 Å². The Morgan fingerprint density at radius 2 is 1.15 bits per heavy atom. The zero-order valence-electron chi connectivity index (χ0n) is 17.5. The van der Waals surface area contributed by atoms with Crippen molar-refractivity contribution in [2.24, 2.45) is 11.8 Å². The van der Waals surface area contributed by atoms with Gasteiger partial charge < -0.3 is 9.47 Å². The summed E-state index contributed by atoms with van der Waals surface area (Å²) in [7, 11) is 0. The van der Waals surface area contributed by atoms with Gasteiger partial charge in [-0.2, -0.15) is 0 Å². The minimum Gasteiger partial charge on any atom is -0.422 e. The van der Waals surface area contributed by atoms with Crippen molar-refractivity contribution >= 4 is 11.9 Å². The zero-order valence-corrected chi connectivity index (χ0v) is 17.5. The molecule has 0 spiro atoms. The lowest BCUT2D eigenvalue weighted by Gasteiger charge is -2.35. The van der Waals surface area contributed by atoms with E-state index < -0.39 is 5.79 Å². The molecule has 0 amide bonds. The van der Waals surface area contributed by atoms with E-state index in [4.69, 9.17) is 9.47 Å². The van der Waals surface area contributed by atoms with Gasteiger partial charge in [-0.3, -0.25) is 9.59 Å². The molecule has 0 aliphatic heterocycles. The Hall–Kier alpha value is -1.06. The number of hydrogen-bond acceptors (Lipinski definition) is 4. The van der Waals surface area contributed by atoms with Crippen LogP contribution in [0.4, 0.5) is 0 Å². The first-order valence-electron chi connectivity index (χ1n) is 10.8. The van der Waals surface area contributed by atoms with E-state index in [0.29, 0.717) is 37.5 Å². The number of rotatable bonds is 12. The lowest BCUT2D eigenvalue weighted by Crippen LogP contribution is -2.42. The Balaban J connectivity index is 2.42. The molecule has 26 heavy (non-hydrogen) atoms. The van der Waals surface area contributed by atoms with Crippen LogP contribution in [0.1, 0.15) is 111 Å². The predicted molar refractivity (Wildman–Crippen MR) is 105 cm³/mol. The van der Waals surface area contributed by atoms with Gasteiger partial charge in [-0.1, -0.05) is 59.8 Å². The molecule has 0 radical (unpaired) electrons. The van der Waals surface area contributed by atoms with Gasteiger partial charge >= 0.3 is 11.9 Å². The maximum Gasteiger partial charge on any atom is 0.309 e. The molecule has 0 bridgehead atoms. The Kier molecular flexibility index (Phi) is 10.9. The maximum absolute atomic E-state index is 12.3. The summed E-state index contributed by atoms with van der Waals surface area (Å²) < 4.78 is 11.4. The molecule has 0 atom stereocenters. The summed E-state index contributed by atoms with van der Waals surface area (Å²) in [5.74, 6) is -0.117. The van der Waals surface area contributed by atoms with E-state index in [0.717, 1.165) is 57.8 Å². The van der Waals surface area contributed by atoms with Crippen molar-refractivity contribution in [2.45, 2.75) is 117 Å². The molecule has 1 aliphatic carbocycles. The number of esters is 2. The maximum atomic E-state index is 12.3. The third-order valence-corrected chi connectivity index (χ3v) is 5.04. The number of carbonyl (C=O) groups is 2. The Morgan fingerprint density at radius 3 is 1.54 bits per heavy atom. The minimum atomic E-state index is -0.998. The number of unbranched alkanes of at least 4 members (excludes halogenated alkanes) is 2. The fourth-order valence-corrected chi connectivity index (χ4v) is 3.48. The van der Waals surface area contributed by atoms with Gasteiger partial charge in [0, 0.05) is 25.7 Å². The predicted octanol–water partition coefficient (Wildman–Crippen LogP) is 6.17. The standard InChI is InChI=1S/C22H40O4/c1-18(2)12-6-8-14-20(23)25-22(16-10-5-11-17-22)26-21(24)15-9-7-13-19(3)4/h18-19H,5-17H2,1-4H3. The molecule has 0 N–H and O–H groups in total. The first-order chi connectivity index (χ1) is 12.3. The highest BCUT2D eigenvalue weighted by atomic mass is 16.7. The molecule has 0 aromatic rings. The average molecular weight is 369 g/mol. The van der Waals surface area contributed by atoms with Crippen LogP contribution in [0.2, 0.25) is 0 Å². The molecule has 4 heteroatoms. The van der Waals surface area contributed by atoms with Crippen LogP contribution in [0, 0.1) is 11.8 Å². The van der Waals surface area contributed by atoms with Crippen molar-refractivity contribution < 1.29 is 19.1 Å². The van der Waals surface area contributed by atoms with Gasteiger partial charge in [-0.25, -0.2) is 0 Å². The van der Waals surface area contributed by atoms with Gasteiger partial charge in [-0.05, 0) is 37.5 Å². The molecule has 0 aromatic carbocycles. The normalized spacial score (nSPS) is 16.7. The molecule has 4 nitrogen and oxygen atoms in total. The Labute approximate surface area is 160 Å². The van der Waals surface area contributed by atoms with Crippen molar-refractivity contribution in [3.05, 3.63) is 0 Å². The van der Waals surface area contributed by atoms with Crippen molar-refractivity contribution in [3.63, 3.8) is 0 Å². The van der Waals surface area contributed by atoms with Gasteiger partial charge in [0.2, 0.25) is 0 Å². The van der Waals surface area contributed by atoms with Gasteiger partial charge in [0.1, 0.15) is 0 Å². The number of ether oxygens (including phenoxy) is 2. The molecule has 0 heterocycles. The zero-order chi connectivity index (χ0) is 19.4. The van der Waals surface area contributed by atoms with Crippen molar-refractivity contribution in [3.8, 4) is 0 Å². The highest BCUT2D eigenvalue weighted by Crippen LogP contribution is 2.34. The van der Waals surface area contributed by atoms with Crippen LogP contribution in [0.5, 0.6) is 0 Å². The molecule has 0 aromatic heterocycles. The second-order valence-corrected chi connectivity index (χ2v) is 8.70. The molecule has 0 unspecified atom stereocenters. The average Bonchev–Trinajstić information content (AvgIpc) is 2.56. The molecule has 1 rings (SSSR count). The van der Waals surface area contributed by atoms with Crippen molar-refractivity contribution in [1.82, 2.24) is 0 Å². The summed E-state index contributed by atoms with van der Waals surface area (Å²) >= 11 is 0. The van der Waals surface area contributed by atoms with Gasteiger partial charge in [-0.15, -0.1) is 0 Å². The number of carbonyl (C=O) groups excluding carboxylic acids is 2.